The summed E-state index contributed by atoms with van der Waals surface area (Å²) in [5.74, 6) is 6.67. The van der Waals surface area contributed by atoms with Crippen LogP contribution < -0.4 is 11.3 Å². The molecule has 1 aliphatic rings. The summed E-state index contributed by atoms with van der Waals surface area (Å²) in [6, 6.07) is 0. The number of nitrogens with two attached hydrogens (primary N) is 1. The van der Waals surface area contributed by atoms with E-state index in [-0.39, 0.29) is 11.6 Å². The van der Waals surface area contributed by atoms with E-state index in [4.69, 9.17) is 10.6 Å². The quantitative estimate of drug-likeness (QED) is 0.287. The Morgan fingerprint density at radius 3 is 2.50 bits per heavy atom. The highest BCUT2D eigenvalue weighted by Crippen LogP contribution is 2.22. The highest BCUT2D eigenvalue weighted by Gasteiger charge is 2.29. The Morgan fingerprint density at radius 2 is 2.14 bits per heavy atom. The largest absolute Gasteiger partial charge is 0.378 e. The molecule has 0 bridgehead atoms. The van der Waals surface area contributed by atoms with E-state index in [1.165, 1.54) is 0 Å². The predicted octanol–water partition coefficient (Wildman–Crippen LogP) is 1.07. The van der Waals surface area contributed by atoms with Gasteiger partial charge in [0.25, 0.3) is 0 Å². The number of hydrogen-bond acceptors (Lipinski definition) is 3. The van der Waals surface area contributed by atoms with Gasteiger partial charge in [-0.15, -0.1) is 0 Å². The summed E-state index contributed by atoms with van der Waals surface area (Å²) in [6.07, 6.45) is 1.22. The number of hydrazine groups is 1. The van der Waals surface area contributed by atoms with E-state index in [1.54, 1.807) is 0 Å². The molecule has 0 spiro atoms. The smallest absolute Gasteiger partial charge is 0.117 e. The maximum Gasteiger partial charge on any atom is 0.117 e. The molecule has 14 heavy (non-hydrogen) atoms. The zero-order valence-electron chi connectivity index (χ0n) is 9.50. The SMILES string of the molecule is CC1OCCC1C(=NC(C)(C)C)NN. The molecule has 2 unspecified atom stereocenters. The Kier molecular flexibility index (Phi) is 3.50. The molecule has 0 radical (unpaired) electrons. The second kappa shape index (κ2) is 4.28. The highest BCUT2D eigenvalue weighted by atomic mass is 16.5. The van der Waals surface area contributed by atoms with Gasteiger partial charge in [0, 0.05) is 12.5 Å². The summed E-state index contributed by atoms with van der Waals surface area (Å²) in [7, 11) is 0. The summed E-state index contributed by atoms with van der Waals surface area (Å²) in [6.45, 7) is 9.05. The van der Waals surface area contributed by atoms with E-state index in [1.807, 2.05) is 0 Å². The van der Waals surface area contributed by atoms with Crippen molar-refractivity contribution in [2.45, 2.75) is 45.8 Å². The van der Waals surface area contributed by atoms with Gasteiger partial charge in [0.15, 0.2) is 0 Å². The Bertz CT molecular complexity index is 220. The molecule has 0 aliphatic carbocycles. The van der Waals surface area contributed by atoms with Crippen LogP contribution in [0.25, 0.3) is 0 Å². The fourth-order valence-electron chi connectivity index (χ4n) is 1.67. The topological polar surface area (TPSA) is 59.6 Å². The average Bonchev–Trinajstić information content (AvgIpc) is 2.45. The van der Waals surface area contributed by atoms with E-state index in [0.29, 0.717) is 5.92 Å². The van der Waals surface area contributed by atoms with Gasteiger partial charge in [-0.05, 0) is 34.1 Å². The van der Waals surface area contributed by atoms with E-state index in [2.05, 4.69) is 38.1 Å². The lowest BCUT2D eigenvalue weighted by Gasteiger charge is -2.21. The molecule has 0 aromatic heterocycles. The van der Waals surface area contributed by atoms with Crippen LogP contribution in [0.5, 0.6) is 0 Å². The molecular weight excluding hydrogens is 178 g/mol. The van der Waals surface area contributed by atoms with Gasteiger partial charge in [-0.25, -0.2) is 5.84 Å². The maximum atomic E-state index is 5.49. The van der Waals surface area contributed by atoms with Crippen LogP contribution in [0.3, 0.4) is 0 Å². The lowest BCUT2D eigenvalue weighted by atomic mass is 10.0. The van der Waals surface area contributed by atoms with Crippen molar-refractivity contribution in [2.24, 2.45) is 16.8 Å². The van der Waals surface area contributed by atoms with Crippen molar-refractivity contribution in [3.63, 3.8) is 0 Å². The van der Waals surface area contributed by atoms with Crippen molar-refractivity contribution >= 4 is 5.84 Å². The molecule has 4 heteroatoms. The van der Waals surface area contributed by atoms with Gasteiger partial charge in [-0.3, -0.25) is 4.99 Å². The van der Waals surface area contributed by atoms with Crippen LogP contribution in [-0.4, -0.2) is 24.1 Å². The van der Waals surface area contributed by atoms with Gasteiger partial charge in [0.1, 0.15) is 5.84 Å². The third-order valence-electron chi connectivity index (χ3n) is 2.33. The lowest BCUT2D eigenvalue weighted by molar-refractivity contribution is 0.116. The van der Waals surface area contributed by atoms with Gasteiger partial charge in [-0.2, -0.15) is 0 Å². The molecule has 4 nitrogen and oxygen atoms in total. The molecule has 0 saturated carbocycles. The number of hydrogen-bond donors (Lipinski definition) is 2. The van der Waals surface area contributed by atoms with Crippen molar-refractivity contribution in [1.29, 1.82) is 0 Å². The predicted molar refractivity (Wildman–Crippen MR) is 58.0 cm³/mol. The summed E-state index contributed by atoms with van der Waals surface area (Å²) < 4.78 is 5.49. The van der Waals surface area contributed by atoms with Gasteiger partial charge in [-0.1, -0.05) is 0 Å². The summed E-state index contributed by atoms with van der Waals surface area (Å²) in [5, 5.41) is 0. The standard InChI is InChI=1S/C10H21N3O/c1-7-8(5-6-14-7)9(13-11)12-10(2,3)4/h7-8H,5-6,11H2,1-4H3,(H,12,13). The summed E-state index contributed by atoms with van der Waals surface area (Å²) >= 11 is 0. The maximum absolute atomic E-state index is 5.49. The van der Waals surface area contributed by atoms with Gasteiger partial charge >= 0.3 is 0 Å². The number of aliphatic imine (C=N–C) groups is 1. The van der Waals surface area contributed by atoms with Crippen LogP contribution in [0.4, 0.5) is 0 Å². The molecule has 1 saturated heterocycles. The molecule has 0 amide bonds. The normalized spacial score (nSPS) is 29.4. The molecule has 1 aliphatic heterocycles. The van der Waals surface area contributed by atoms with Crippen molar-refractivity contribution in [1.82, 2.24) is 5.43 Å². The molecular formula is C10H21N3O. The Hall–Kier alpha value is -0.610. The molecule has 0 aromatic rings. The van der Waals surface area contributed by atoms with Crippen LogP contribution >= 0.6 is 0 Å². The zero-order valence-corrected chi connectivity index (χ0v) is 9.50. The second-order valence-electron chi connectivity index (χ2n) is 4.78. The monoisotopic (exact) mass is 199 g/mol. The van der Waals surface area contributed by atoms with E-state index in [0.717, 1.165) is 18.9 Å². The molecule has 1 fully saturated rings. The van der Waals surface area contributed by atoms with Crippen LogP contribution in [0.2, 0.25) is 0 Å². The third kappa shape index (κ3) is 2.96. The van der Waals surface area contributed by atoms with Gasteiger partial charge < -0.3 is 10.2 Å². The first-order valence-corrected chi connectivity index (χ1v) is 5.12. The van der Waals surface area contributed by atoms with Gasteiger partial charge in [0.2, 0.25) is 0 Å². The molecule has 82 valence electrons. The second-order valence-corrected chi connectivity index (χ2v) is 4.78. The lowest BCUT2D eigenvalue weighted by Crippen LogP contribution is -2.40. The summed E-state index contributed by atoms with van der Waals surface area (Å²) in [5.41, 5.74) is 2.61. The Morgan fingerprint density at radius 1 is 1.50 bits per heavy atom. The molecule has 0 aromatic carbocycles. The highest BCUT2D eigenvalue weighted by molar-refractivity contribution is 5.85. The fraction of sp³-hybridized carbons (Fsp3) is 0.900. The van der Waals surface area contributed by atoms with Crippen molar-refractivity contribution in [2.75, 3.05) is 6.61 Å². The number of rotatable bonds is 1. The first kappa shape index (κ1) is 11.5. The summed E-state index contributed by atoms with van der Waals surface area (Å²) in [4.78, 5) is 4.56. The van der Waals surface area contributed by atoms with Crippen LogP contribution in [-0.2, 0) is 4.74 Å². The first-order valence-electron chi connectivity index (χ1n) is 5.12. The fourth-order valence-corrected chi connectivity index (χ4v) is 1.67. The number of nitrogens with zero attached hydrogens (tertiary/aromatic N) is 1. The zero-order chi connectivity index (χ0) is 10.8. The minimum absolute atomic E-state index is 0.0932. The third-order valence-corrected chi connectivity index (χ3v) is 2.33. The molecule has 1 rings (SSSR count). The van der Waals surface area contributed by atoms with E-state index in [9.17, 15) is 0 Å². The minimum Gasteiger partial charge on any atom is -0.378 e. The van der Waals surface area contributed by atoms with Crippen LogP contribution in [0.15, 0.2) is 4.99 Å². The van der Waals surface area contributed by atoms with Crippen molar-refractivity contribution in [3.8, 4) is 0 Å². The van der Waals surface area contributed by atoms with Crippen LogP contribution in [0.1, 0.15) is 34.1 Å². The molecule has 2 atom stereocenters. The molecule has 3 N–H and O–H groups in total. The van der Waals surface area contributed by atoms with Crippen molar-refractivity contribution in [3.05, 3.63) is 0 Å². The molecule has 1 heterocycles. The van der Waals surface area contributed by atoms with E-state index < -0.39 is 0 Å². The Labute approximate surface area is 85.9 Å². The first-order chi connectivity index (χ1) is 6.44. The van der Waals surface area contributed by atoms with Gasteiger partial charge in [0.05, 0.1) is 11.6 Å². The Balaban J connectivity index is 2.75. The number of amidine groups is 1. The van der Waals surface area contributed by atoms with E-state index >= 15 is 0 Å². The van der Waals surface area contributed by atoms with Crippen molar-refractivity contribution < 1.29 is 4.74 Å². The van der Waals surface area contributed by atoms with Crippen LogP contribution in [0, 0.1) is 5.92 Å². The minimum atomic E-state index is -0.0932. The average molecular weight is 199 g/mol. The number of nitrogens with one attached hydrogen (secondary N) is 1. The number of ether oxygens (including phenoxy) is 1.